The molecule has 3 N–H and O–H groups in total. The number of thioether (sulfide) groups is 1. The number of hydrogen-bond acceptors (Lipinski definition) is 5. The highest BCUT2D eigenvalue weighted by Crippen LogP contribution is 2.37. The lowest BCUT2D eigenvalue weighted by atomic mass is 10.2. The lowest BCUT2D eigenvalue weighted by Crippen LogP contribution is -2.39. The number of nitrogens with two attached hydrogens (primary N) is 1. The van der Waals surface area contributed by atoms with E-state index in [2.05, 4.69) is 4.98 Å². The van der Waals surface area contributed by atoms with Crippen LogP contribution in [0.5, 0.6) is 0 Å². The molecule has 23 heavy (non-hydrogen) atoms. The highest BCUT2D eigenvalue weighted by Gasteiger charge is 2.30. The smallest absolute Gasteiger partial charge is 0.318 e. The van der Waals surface area contributed by atoms with Gasteiger partial charge in [0.25, 0.3) is 5.56 Å². The van der Waals surface area contributed by atoms with Crippen LogP contribution < -0.4 is 16.6 Å². The number of para-hydroxylation sites is 1. The Kier molecular flexibility index (Phi) is 4.08. The SMILES string of the molecule is C[C@H](Sc1nc2ccccc2c(=O)n1C1CC1)C(=O)NC(N)=O. The molecule has 1 atom stereocenters. The molecule has 3 amide bonds. The number of fused-ring (bicyclic) bond motifs is 1. The topological polar surface area (TPSA) is 107 Å². The van der Waals surface area contributed by atoms with Crippen molar-refractivity contribution >= 4 is 34.6 Å². The maximum Gasteiger partial charge on any atom is 0.318 e. The summed E-state index contributed by atoms with van der Waals surface area (Å²) in [7, 11) is 0. The largest absolute Gasteiger partial charge is 0.351 e. The summed E-state index contributed by atoms with van der Waals surface area (Å²) in [5.41, 5.74) is 5.46. The summed E-state index contributed by atoms with van der Waals surface area (Å²) in [4.78, 5) is 39.9. The van der Waals surface area contributed by atoms with E-state index >= 15 is 0 Å². The number of rotatable bonds is 4. The van der Waals surface area contributed by atoms with Crippen LogP contribution in [0.1, 0.15) is 25.8 Å². The Morgan fingerprint density at radius 1 is 1.39 bits per heavy atom. The predicted molar refractivity (Wildman–Crippen MR) is 87.3 cm³/mol. The molecule has 1 aromatic heterocycles. The molecule has 2 aromatic rings. The van der Waals surface area contributed by atoms with Crippen molar-refractivity contribution in [2.45, 2.75) is 36.2 Å². The normalized spacial score (nSPS) is 15.3. The summed E-state index contributed by atoms with van der Waals surface area (Å²) in [6, 6.07) is 6.38. The minimum atomic E-state index is -0.895. The van der Waals surface area contributed by atoms with E-state index in [1.807, 2.05) is 11.4 Å². The Bertz CT molecular complexity index is 844. The monoisotopic (exact) mass is 332 g/mol. The van der Waals surface area contributed by atoms with Gasteiger partial charge < -0.3 is 5.73 Å². The van der Waals surface area contributed by atoms with Crippen LogP contribution in [0, 0.1) is 0 Å². The molecule has 3 rings (SSSR count). The molecule has 1 aromatic carbocycles. The molecule has 1 fully saturated rings. The fourth-order valence-corrected chi connectivity index (χ4v) is 3.28. The van der Waals surface area contributed by atoms with E-state index in [1.54, 1.807) is 29.7 Å². The van der Waals surface area contributed by atoms with Gasteiger partial charge in [0.2, 0.25) is 5.91 Å². The molecule has 0 saturated heterocycles. The first-order valence-electron chi connectivity index (χ1n) is 7.25. The van der Waals surface area contributed by atoms with Gasteiger partial charge >= 0.3 is 6.03 Å². The first kappa shape index (κ1) is 15.5. The van der Waals surface area contributed by atoms with E-state index in [0.29, 0.717) is 16.1 Å². The number of nitrogens with zero attached hydrogens (tertiary/aromatic N) is 2. The van der Waals surface area contributed by atoms with Gasteiger partial charge in [0.05, 0.1) is 16.2 Å². The summed E-state index contributed by atoms with van der Waals surface area (Å²) in [6.45, 7) is 1.64. The molecule has 1 aliphatic carbocycles. The van der Waals surface area contributed by atoms with Gasteiger partial charge in [-0.05, 0) is 31.9 Å². The van der Waals surface area contributed by atoms with Crippen molar-refractivity contribution < 1.29 is 9.59 Å². The Morgan fingerprint density at radius 3 is 2.74 bits per heavy atom. The summed E-state index contributed by atoms with van der Waals surface area (Å²) >= 11 is 1.15. The Hall–Kier alpha value is -2.35. The number of primary amides is 1. The maximum absolute atomic E-state index is 12.7. The van der Waals surface area contributed by atoms with E-state index in [4.69, 9.17) is 5.73 Å². The van der Waals surface area contributed by atoms with E-state index < -0.39 is 17.2 Å². The molecule has 8 heteroatoms. The molecule has 1 aliphatic rings. The van der Waals surface area contributed by atoms with Crippen LogP contribution in [-0.4, -0.2) is 26.7 Å². The van der Waals surface area contributed by atoms with Crippen LogP contribution in [0.4, 0.5) is 4.79 Å². The van der Waals surface area contributed by atoms with Crippen LogP contribution in [0.25, 0.3) is 10.9 Å². The molecule has 0 bridgehead atoms. The van der Waals surface area contributed by atoms with Crippen LogP contribution >= 0.6 is 11.8 Å². The molecule has 0 unspecified atom stereocenters. The summed E-state index contributed by atoms with van der Waals surface area (Å²) < 4.78 is 1.65. The number of hydrogen-bond donors (Lipinski definition) is 2. The standard InChI is InChI=1S/C15H16N4O3S/c1-8(12(20)18-14(16)22)23-15-17-11-5-3-2-4-10(11)13(21)19(15)9-6-7-9/h2-5,8-9H,6-7H2,1H3,(H3,16,18,20,22)/t8-/m0/s1. The quantitative estimate of drug-likeness (QED) is 0.650. The van der Waals surface area contributed by atoms with Crippen molar-refractivity contribution in [3.05, 3.63) is 34.6 Å². The van der Waals surface area contributed by atoms with Crippen molar-refractivity contribution in [2.75, 3.05) is 0 Å². The van der Waals surface area contributed by atoms with Gasteiger partial charge in [0.15, 0.2) is 5.16 Å². The van der Waals surface area contributed by atoms with E-state index in [-0.39, 0.29) is 11.6 Å². The number of imide groups is 1. The average molecular weight is 332 g/mol. The molecule has 0 radical (unpaired) electrons. The highest BCUT2D eigenvalue weighted by atomic mass is 32.2. The first-order valence-corrected chi connectivity index (χ1v) is 8.13. The van der Waals surface area contributed by atoms with Crippen LogP contribution in [0.15, 0.2) is 34.2 Å². The predicted octanol–water partition coefficient (Wildman–Crippen LogP) is 1.41. The molecule has 0 aliphatic heterocycles. The molecule has 0 spiro atoms. The highest BCUT2D eigenvalue weighted by molar-refractivity contribution is 8.00. The third-order valence-electron chi connectivity index (χ3n) is 3.59. The second-order valence-electron chi connectivity index (χ2n) is 5.43. The fraction of sp³-hybridized carbons (Fsp3) is 0.333. The van der Waals surface area contributed by atoms with Crippen LogP contribution in [0.3, 0.4) is 0 Å². The van der Waals surface area contributed by atoms with Gasteiger partial charge in [0.1, 0.15) is 0 Å². The number of urea groups is 1. The van der Waals surface area contributed by atoms with Gasteiger partial charge in [-0.1, -0.05) is 23.9 Å². The van der Waals surface area contributed by atoms with Crippen molar-refractivity contribution in [1.82, 2.24) is 14.9 Å². The van der Waals surface area contributed by atoms with E-state index in [1.165, 1.54) is 0 Å². The Labute approximate surface area is 136 Å². The summed E-state index contributed by atoms with van der Waals surface area (Å²) in [5, 5.41) is 2.50. The zero-order valence-corrected chi connectivity index (χ0v) is 13.3. The van der Waals surface area contributed by atoms with Crippen LogP contribution in [-0.2, 0) is 4.79 Å². The minimum absolute atomic E-state index is 0.0943. The van der Waals surface area contributed by atoms with Crippen molar-refractivity contribution in [3.63, 3.8) is 0 Å². The second kappa shape index (κ2) is 6.04. The molecule has 1 heterocycles. The van der Waals surface area contributed by atoms with E-state index in [0.717, 1.165) is 24.6 Å². The number of benzene rings is 1. The first-order chi connectivity index (χ1) is 11.0. The van der Waals surface area contributed by atoms with Crippen LogP contribution in [0.2, 0.25) is 0 Å². The molecule has 7 nitrogen and oxygen atoms in total. The maximum atomic E-state index is 12.7. The molecule has 120 valence electrons. The zero-order valence-electron chi connectivity index (χ0n) is 12.5. The van der Waals surface area contributed by atoms with Gasteiger partial charge in [-0.3, -0.25) is 19.5 Å². The Morgan fingerprint density at radius 2 is 2.09 bits per heavy atom. The molecular formula is C15H16N4O3S. The third-order valence-corrected chi connectivity index (χ3v) is 4.65. The summed E-state index contributed by atoms with van der Waals surface area (Å²) in [5.74, 6) is -0.507. The third kappa shape index (κ3) is 3.21. The van der Waals surface area contributed by atoms with Gasteiger partial charge in [-0.15, -0.1) is 0 Å². The number of carbonyl (C=O) groups excluding carboxylic acids is 2. The number of aromatic nitrogens is 2. The zero-order chi connectivity index (χ0) is 16.6. The minimum Gasteiger partial charge on any atom is -0.351 e. The van der Waals surface area contributed by atoms with Gasteiger partial charge in [-0.25, -0.2) is 9.78 Å². The molecule has 1 saturated carbocycles. The Balaban J connectivity index is 1.99. The second-order valence-corrected chi connectivity index (χ2v) is 6.74. The van der Waals surface area contributed by atoms with Crippen molar-refractivity contribution in [2.24, 2.45) is 5.73 Å². The lowest BCUT2D eigenvalue weighted by Gasteiger charge is -2.15. The summed E-state index contributed by atoms with van der Waals surface area (Å²) in [6.07, 6.45) is 1.85. The molecular weight excluding hydrogens is 316 g/mol. The van der Waals surface area contributed by atoms with Crippen molar-refractivity contribution in [1.29, 1.82) is 0 Å². The fourth-order valence-electron chi connectivity index (χ4n) is 2.30. The number of amides is 3. The van der Waals surface area contributed by atoms with Crippen molar-refractivity contribution in [3.8, 4) is 0 Å². The number of carbonyl (C=O) groups is 2. The van der Waals surface area contributed by atoms with E-state index in [9.17, 15) is 14.4 Å². The lowest BCUT2D eigenvalue weighted by molar-refractivity contribution is -0.119. The average Bonchev–Trinajstić information content (AvgIpc) is 3.31. The van der Waals surface area contributed by atoms with Gasteiger partial charge in [0, 0.05) is 6.04 Å². The number of nitrogens with one attached hydrogen (secondary N) is 1. The van der Waals surface area contributed by atoms with Gasteiger partial charge in [-0.2, -0.15) is 0 Å².